The van der Waals surface area contributed by atoms with E-state index in [1.165, 1.54) is 12.8 Å². The van der Waals surface area contributed by atoms with Crippen molar-refractivity contribution < 1.29 is 19.5 Å². The van der Waals surface area contributed by atoms with E-state index in [0.29, 0.717) is 5.71 Å². The standard InChI is InChI=1S/C24H29N5O4/c1-18(26-33-16-24(31)32-2)19-6-7-23-22(14-19)25-17-29(23)21-5-3-4-20(15-21)28-10-8-27(9-11-28)12-13-30/h3-7,14-15,17,30H,8-13,16H2,1-2H3/b26-18+. The Labute approximate surface area is 192 Å². The van der Waals surface area contributed by atoms with Crippen LogP contribution >= 0.6 is 0 Å². The van der Waals surface area contributed by atoms with Crippen LogP contribution in [-0.4, -0.2) is 84.3 Å². The number of carbonyl (C=O) groups is 1. The van der Waals surface area contributed by atoms with Gasteiger partial charge in [0.25, 0.3) is 0 Å². The largest absolute Gasteiger partial charge is 0.466 e. The molecule has 0 bridgehead atoms. The number of aromatic nitrogens is 2. The number of rotatable bonds is 8. The summed E-state index contributed by atoms with van der Waals surface area (Å²) in [7, 11) is 1.31. The minimum Gasteiger partial charge on any atom is -0.466 e. The monoisotopic (exact) mass is 451 g/mol. The molecule has 33 heavy (non-hydrogen) atoms. The lowest BCUT2D eigenvalue weighted by Crippen LogP contribution is -2.47. The summed E-state index contributed by atoms with van der Waals surface area (Å²) in [4.78, 5) is 25.5. The van der Waals surface area contributed by atoms with E-state index in [9.17, 15) is 4.79 Å². The third-order valence-corrected chi connectivity index (χ3v) is 5.84. The number of esters is 1. The quantitative estimate of drug-likeness (QED) is 0.318. The summed E-state index contributed by atoms with van der Waals surface area (Å²) in [6.45, 7) is 6.31. The van der Waals surface area contributed by atoms with Crippen molar-refractivity contribution in [2.24, 2.45) is 5.16 Å². The Morgan fingerprint density at radius 3 is 2.67 bits per heavy atom. The second kappa shape index (κ2) is 10.5. The first-order chi connectivity index (χ1) is 16.1. The SMILES string of the molecule is COC(=O)CO/N=C(\C)c1ccc2c(c1)ncn2-c1cccc(N2CCN(CCO)CC2)c1. The lowest BCUT2D eigenvalue weighted by atomic mass is 10.1. The predicted molar refractivity (Wildman–Crippen MR) is 127 cm³/mol. The van der Waals surface area contributed by atoms with E-state index < -0.39 is 5.97 Å². The average Bonchev–Trinajstić information content (AvgIpc) is 3.28. The summed E-state index contributed by atoms with van der Waals surface area (Å²) >= 11 is 0. The molecule has 0 spiro atoms. The first-order valence-electron chi connectivity index (χ1n) is 11.0. The van der Waals surface area contributed by atoms with Gasteiger partial charge in [0.15, 0.2) is 0 Å². The molecule has 1 aliphatic rings. The Bertz CT molecular complexity index is 1130. The molecule has 2 aromatic carbocycles. The van der Waals surface area contributed by atoms with Crippen LogP contribution in [0.1, 0.15) is 12.5 Å². The number of aliphatic hydroxyl groups is 1. The zero-order valence-electron chi connectivity index (χ0n) is 19.0. The molecule has 0 amide bonds. The Hall–Kier alpha value is -3.43. The van der Waals surface area contributed by atoms with Gasteiger partial charge in [-0.25, -0.2) is 9.78 Å². The van der Waals surface area contributed by atoms with E-state index in [1.807, 2.05) is 31.5 Å². The molecule has 9 heteroatoms. The Kier molecular flexibility index (Phi) is 7.21. The van der Waals surface area contributed by atoms with Crippen LogP contribution in [0.5, 0.6) is 0 Å². The lowest BCUT2D eigenvalue weighted by molar-refractivity contribution is -0.145. The fourth-order valence-electron chi connectivity index (χ4n) is 3.95. The number of oxime groups is 1. The van der Waals surface area contributed by atoms with Gasteiger partial charge in [0.2, 0.25) is 6.61 Å². The first-order valence-corrected chi connectivity index (χ1v) is 11.0. The fourth-order valence-corrected chi connectivity index (χ4v) is 3.95. The molecule has 4 rings (SSSR count). The van der Waals surface area contributed by atoms with Gasteiger partial charge in [-0.3, -0.25) is 9.47 Å². The highest BCUT2D eigenvalue weighted by Gasteiger charge is 2.17. The molecule has 0 saturated carbocycles. The number of anilines is 1. The van der Waals surface area contributed by atoms with Gasteiger partial charge in [0, 0.05) is 49.7 Å². The molecule has 2 heterocycles. The van der Waals surface area contributed by atoms with Crippen molar-refractivity contribution in [3.8, 4) is 5.69 Å². The number of β-amino-alcohol motifs (C(OH)–C–C–N with tert-alkyl or cyclic N) is 1. The van der Waals surface area contributed by atoms with Gasteiger partial charge in [-0.05, 0) is 37.3 Å². The first kappa shape index (κ1) is 22.8. The van der Waals surface area contributed by atoms with Crippen molar-refractivity contribution in [3.63, 3.8) is 0 Å². The van der Waals surface area contributed by atoms with E-state index >= 15 is 0 Å². The molecule has 0 unspecified atom stereocenters. The highest BCUT2D eigenvalue weighted by molar-refractivity contribution is 6.01. The van der Waals surface area contributed by atoms with Crippen molar-refractivity contribution in [1.29, 1.82) is 0 Å². The summed E-state index contributed by atoms with van der Waals surface area (Å²) in [6, 6.07) is 14.4. The van der Waals surface area contributed by atoms with Crippen molar-refractivity contribution >= 4 is 28.4 Å². The van der Waals surface area contributed by atoms with Crippen molar-refractivity contribution in [2.45, 2.75) is 6.92 Å². The van der Waals surface area contributed by atoms with Crippen LogP contribution in [0, 0.1) is 0 Å². The number of nitrogens with zero attached hydrogens (tertiary/aromatic N) is 5. The second-order valence-corrected chi connectivity index (χ2v) is 7.92. The summed E-state index contributed by atoms with van der Waals surface area (Å²) in [5.41, 5.74) is 5.59. The zero-order chi connectivity index (χ0) is 23.2. The van der Waals surface area contributed by atoms with Gasteiger partial charge in [-0.2, -0.15) is 0 Å². The van der Waals surface area contributed by atoms with Crippen LogP contribution in [-0.2, 0) is 14.4 Å². The number of hydrogen-bond acceptors (Lipinski definition) is 8. The minimum absolute atomic E-state index is 0.205. The van der Waals surface area contributed by atoms with Crippen LogP contribution in [0.25, 0.3) is 16.7 Å². The number of hydrogen-bond donors (Lipinski definition) is 1. The minimum atomic E-state index is -0.477. The van der Waals surface area contributed by atoms with E-state index in [1.54, 1.807) is 0 Å². The second-order valence-electron chi connectivity index (χ2n) is 7.92. The average molecular weight is 452 g/mol. The maximum absolute atomic E-state index is 11.2. The number of benzene rings is 2. The van der Waals surface area contributed by atoms with Crippen molar-refractivity contribution in [2.75, 3.05) is 57.9 Å². The molecule has 0 radical (unpaired) electrons. The van der Waals surface area contributed by atoms with Gasteiger partial charge in [0.1, 0.15) is 6.33 Å². The normalized spacial score (nSPS) is 15.1. The van der Waals surface area contributed by atoms with E-state index in [4.69, 9.17) is 9.94 Å². The van der Waals surface area contributed by atoms with Crippen LogP contribution in [0.15, 0.2) is 53.9 Å². The number of fused-ring (bicyclic) bond motifs is 1. The van der Waals surface area contributed by atoms with Gasteiger partial charge >= 0.3 is 5.97 Å². The number of carbonyl (C=O) groups excluding carboxylic acids is 1. The number of aliphatic hydroxyl groups excluding tert-OH is 1. The van der Waals surface area contributed by atoms with Gasteiger partial charge in [-0.1, -0.05) is 17.3 Å². The molecule has 174 valence electrons. The fraction of sp³-hybridized carbons (Fsp3) is 0.375. The van der Waals surface area contributed by atoms with Gasteiger partial charge in [0.05, 0.1) is 30.5 Å². The Balaban J connectivity index is 1.51. The smallest absolute Gasteiger partial charge is 0.346 e. The molecular weight excluding hydrogens is 422 g/mol. The molecular formula is C24H29N5O4. The highest BCUT2D eigenvalue weighted by atomic mass is 16.6. The third-order valence-electron chi connectivity index (χ3n) is 5.84. The van der Waals surface area contributed by atoms with E-state index in [2.05, 4.69) is 53.5 Å². The summed E-state index contributed by atoms with van der Waals surface area (Å²) in [6.07, 6.45) is 1.83. The zero-order valence-corrected chi connectivity index (χ0v) is 19.0. The van der Waals surface area contributed by atoms with Crippen LogP contribution < -0.4 is 4.90 Å². The molecule has 1 aliphatic heterocycles. The van der Waals surface area contributed by atoms with Gasteiger partial charge < -0.3 is 19.6 Å². The van der Waals surface area contributed by atoms with Crippen molar-refractivity contribution in [1.82, 2.24) is 14.5 Å². The third kappa shape index (κ3) is 5.32. The Morgan fingerprint density at radius 1 is 1.12 bits per heavy atom. The molecule has 0 atom stereocenters. The number of methoxy groups -OCH3 is 1. The molecule has 1 fully saturated rings. The maximum Gasteiger partial charge on any atom is 0.346 e. The lowest BCUT2D eigenvalue weighted by Gasteiger charge is -2.36. The van der Waals surface area contributed by atoms with E-state index in [-0.39, 0.29) is 13.2 Å². The molecule has 0 aliphatic carbocycles. The predicted octanol–water partition coefficient (Wildman–Crippen LogP) is 2.05. The summed E-state index contributed by atoms with van der Waals surface area (Å²) in [5, 5.41) is 13.1. The van der Waals surface area contributed by atoms with Crippen LogP contribution in [0.3, 0.4) is 0 Å². The molecule has 3 aromatic rings. The van der Waals surface area contributed by atoms with Crippen LogP contribution in [0.2, 0.25) is 0 Å². The number of ether oxygens (including phenoxy) is 1. The number of piperazine rings is 1. The van der Waals surface area contributed by atoms with Crippen molar-refractivity contribution in [3.05, 3.63) is 54.4 Å². The Morgan fingerprint density at radius 2 is 1.91 bits per heavy atom. The molecule has 1 saturated heterocycles. The summed E-state index contributed by atoms with van der Waals surface area (Å²) in [5.74, 6) is -0.477. The molecule has 1 N–H and O–H groups in total. The van der Waals surface area contributed by atoms with Crippen LogP contribution in [0.4, 0.5) is 5.69 Å². The molecule has 9 nitrogen and oxygen atoms in total. The topological polar surface area (TPSA) is 92.4 Å². The number of imidazole rings is 1. The van der Waals surface area contributed by atoms with Gasteiger partial charge in [-0.15, -0.1) is 0 Å². The van der Waals surface area contributed by atoms with E-state index in [0.717, 1.165) is 55.0 Å². The molecule has 1 aromatic heterocycles. The highest BCUT2D eigenvalue weighted by Crippen LogP contribution is 2.24. The summed E-state index contributed by atoms with van der Waals surface area (Å²) < 4.78 is 6.62. The maximum atomic E-state index is 11.2.